The largest absolute Gasteiger partial charge is 0.379 e. The van der Waals surface area contributed by atoms with Gasteiger partial charge < -0.3 is 14.2 Å². The fraction of sp³-hybridized carbons (Fsp3) is 0.345. The third-order valence-corrected chi connectivity index (χ3v) is 9.43. The molecule has 0 N–H and O–H groups in total. The summed E-state index contributed by atoms with van der Waals surface area (Å²) in [5.41, 5.74) is 8.48. The zero-order chi connectivity index (χ0) is 26.5. The lowest BCUT2D eigenvalue weighted by molar-refractivity contribution is -0.112. The van der Waals surface area contributed by atoms with E-state index < -0.39 is 10.0 Å². The molecule has 1 aromatic heterocycles. The van der Waals surface area contributed by atoms with Crippen LogP contribution in [0.2, 0.25) is 0 Å². The van der Waals surface area contributed by atoms with Gasteiger partial charge >= 0.3 is 0 Å². The van der Waals surface area contributed by atoms with Crippen molar-refractivity contribution in [2.75, 3.05) is 37.7 Å². The van der Waals surface area contributed by atoms with Gasteiger partial charge in [0.15, 0.2) is 0 Å². The van der Waals surface area contributed by atoms with Crippen LogP contribution >= 0.6 is 0 Å². The number of hydrogen-bond donors (Lipinski definition) is 0. The van der Waals surface area contributed by atoms with Gasteiger partial charge in [-0.25, -0.2) is 8.42 Å². The van der Waals surface area contributed by atoms with E-state index in [9.17, 15) is 13.2 Å². The number of carbonyl (C=O) groups excluding carboxylic acids is 1. The number of aromatic nitrogens is 1. The number of anilines is 1. The molecule has 1 amide bonds. The maximum Gasteiger partial charge on any atom is 0.258 e. The quantitative estimate of drug-likeness (QED) is 0.461. The first-order valence-corrected chi connectivity index (χ1v) is 14.1. The van der Waals surface area contributed by atoms with Gasteiger partial charge in [-0.3, -0.25) is 4.79 Å². The molecule has 5 rings (SSSR count). The first-order chi connectivity index (χ1) is 17.6. The summed E-state index contributed by atoms with van der Waals surface area (Å²) in [6.07, 6.45) is 1.91. The van der Waals surface area contributed by atoms with E-state index in [1.807, 2.05) is 13.0 Å². The Morgan fingerprint density at radius 3 is 2.41 bits per heavy atom. The van der Waals surface area contributed by atoms with Gasteiger partial charge in [0.2, 0.25) is 10.0 Å². The predicted molar refractivity (Wildman–Crippen MR) is 147 cm³/mol. The summed E-state index contributed by atoms with van der Waals surface area (Å²) >= 11 is 0. The van der Waals surface area contributed by atoms with Crippen LogP contribution in [0.3, 0.4) is 0 Å². The topological polar surface area (TPSA) is 71.9 Å². The molecule has 0 atom stereocenters. The normalized spacial score (nSPS) is 17.6. The van der Waals surface area contributed by atoms with Crippen molar-refractivity contribution >= 4 is 33.3 Å². The van der Waals surface area contributed by atoms with Crippen LogP contribution in [0.25, 0.3) is 17.3 Å². The molecule has 3 aromatic rings. The molecule has 0 spiro atoms. The number of rotatable bonds is 5. The maximum absolute atomic E-state index is 13.5. The SMILES string of the molecule is CCN1C(=O)C(=Cc2cc(C)n(-c3cccc(C)c3C)c2C)c2cc(S(=O)(=O)N3CCOCC3)ccc21. The van der Waals surface area contributed by atoms with Crippen LogP contribution in [-0.2, 0) is 19.6 Å². The minimum absolute atomic E-state index is 0.116. The average molecular weight is 520 g/mol. The number of benzene rings is 2. The molecule has 37 heavy (non-hydrogen) atoms. The number of fused-ring (bicyclic) bond motifs is 1. The van der Waals surface area contributed by atoms with Crippen molar-refractivity contribution in [1.82, 2.24) is 8.87 Å². The van der Waals surface area contributed by atoms with Gasteiger partial charge in [0.25, 0.3) is 5.91 Å². The number of nitrogens with zero attached hydrogens (tertiary/aromatic N) is 3. The molecule has 0 saturated carbocycles. The Labute approximate surface area is 219 Å². The molecule has 0 radical (unpaired) electrons. The minimum atomic E-state index is -3.69. The Bertz CT molecular complexity index is 1530. The number of morpholine rings is 1. The van der Waals surface area contributed by atoms with E-state index in [2.05, 4.69) is 56.5 Å². The highest BCUT2D eigenvalue weighted by atomic mass is 32.2. The molecule has 2 aliphatic rings. The number of carbonyl (C=O) groups is 1. The van der Waals surface area contributed by atoms with Crippen LogP contribution in [-0.4, -0.2) is 56.0 Å². The Balaban J connectivity index is 1.62. The van der Waals surface area contributed by atoms with Crippen molar-refractivity contribution in [3.8, 4) is 5.69 Å². The van der Waals surface area contributed by atoms with Crippen molar-refractivity contribution < 1.29 is 17.9 Å². The van der Waals surface area contributed by atoms with Crippen LogP contribution in [0, 0.1) is 27.7 Å². The molecular formula is C29H33N3O4S. The fourth-order valence-electron chi connectivity index (χ4n) is 5.32. The lowest BCUT2D eigenvalue weighted by Gasteiger charge is -2.26. The van der Waals surface area contributed by atoms with E-state index in [1.165, 1.54) is 15.4 Å². The van der Waals surface area contributed by atoms with E-state index in [1.54, 1.807) is 23.1 Å². The molecule has 3 heterocycles. The van der Waals surface area contributed by atoms with Gasteiger partial charge in [0, 0.05) is 47.8 Å². The highest BCUT2D eigenvalue weighted by Gasteiger charge is 2.34. The van der Waals surface area contributed by atoms with Gasteiger partial charge in [-0.05, 0) is 87.7 Å². The summed E-state index contributed by atoms with van der Waals surface area (Å²) in [6.45, 7) is 12.2. The molecule has 1 saturated heterocycles. The van der Waals surface area contributed by atoms with Crippen LogP contribution in [0.5, 0.6) is 0 Å². The average Bonchev–Trinajstić information content (AvgIpc) is 3.32. The highest BCUT2D eigenvalue weighted by Crippen LogP contribution is 2.40. The fourth-order valence-corrected chi connectivity index (χ4v) is 6.76. The van der Waals surface area contributed by atoms with Crippen LogP contribution in [0.1, 0.15) is 40.6 Å². The first-order valence-electron chi connectivity index (χ1n) is 12.7. The van der Waals surface area contributed by atoms with Gasteiger partial charge in [0.05, 0.1) is 23.8 Å². The Morgan fingerprint density at radius 2 is 1.70 bits per heavy atom. The maximum atomic E-state index is 13.5. The summed E-state index contributed by atoms with van der Waals surface area (Å²) in [4.78, 5) is 15.4. The highest BCUT2D eigenvalue weighted by molar-refractivity contribution is 7.89. The number of hydrogen-bond acceptors (Lipinski definition) is 4. The van der Waals surface area contributed by atoms with Crippen molar-refractivity contribution in [2.24, 2.45) is 0 Å². The van der Waals surface area contributed by atoms with Crippen LogP contribution < -0.4 is 4.90 Å². The van der Waals surface area contributed by atoms with E-state index in [0.717, 1.165) is 28.3 Å². The molecule has 8 heteroatoms. The molecule has 194 valence electrons. The van der Waals surface area contributed by atoms with Gasteiger partial charge in [-0.2, -0.15) is 4.31 Å². The minimum Gasteiger partial charge on any atom is -0.379 e. The summed E-state index contributed by atoms with van der Waals surface area (Å²) in [5.74, 6) is -0.116. The lowest BCUT2D eigenvalue weighted by Crippen LogP contribution is -2.40. The van der Waals surface area contributed by atoms with Crippen LogP contribution in [0.4, 0.5) is 5.69 Å². The van der Waals surface area contributed by atoms with Crippen molar-refractivity contribution in [3.63, 3.8) is 0 Å². The predicted octanol–water partition coefficient (Wildman–Crippen LogP) is 4.64. The lowest BCUT2D eigenvalue weighted by atomic mass is 10.0. The van der Waals surface area contributed by atoms with E-state index >= 15 is 0 Å². The summed E-state index contributed by atoms with van der Waals surface area (Å²) in [6, 6.07) is 13.4. The molecule has 2 aromatic carbocycles. The summed E-state index contributed by atoms with van der Waals surface area (Å²) < 4.78 is 35.7. The first kappa shape index (κ1) is 25.4. The Kier molecular flexibility index (Phi) is 6.60. The Morgan fingerprint density at radius 1 is 0.973 bits per heavy atom. The third-order valence-electron chi connectivity index (χ3n) is 7.54. The number of amides is 1. The molecule has 1 fully saturated rings. The molecule has 2 aliphatic heterocycles. The monoisotopic (exact) mass is 519 g/mol. The van der Waals surface area contributed by atoms with Gasteiger partial charge in [0.1, 0.15) is 0 Å². The number of sulfonamides is 1. The van der Waals surface area contributed by atoms with Gasteiger partial charge in [-0.1, -0.05) is 12.1 Å². The second-order valence-electron chi connectivity index (χ2n) is 9.68. The smallest absolute Gasteiger partial charge is 0.258 e. The third kappa shape index (κ3) is 4.23. The van der Waals surface area contributed by atoms with E-state index in [4.69, 9.17) is 4.74 Å². The Hall–Kier alpha value is -3.20. The number of likely N-dealkylation sites (N-methyl/N-ethyl adjacent to an activating group) is 1. The molecule has 0 aliphatic carbocycles. The zero-order valence-corrected chi connectivity index (χ0v) is 22.9. The molecule has 0 unspecified atom stereocenters. The zero-order valence-electron chi connectivity index (χ0n) is 22.0. The number of aryl methyl sites for hydroxylation is 2. The summed E-state index contributed by atoms with van der Waals surface area (Å²) in [5, 5.41) is 0. The summed E-state index contributed by atoms with van der Waals surface area (Å²) in [7, 11) is -3.69. The van der Waals surface area contributed by atoms with E-state index in [-0.39, 0.29) is 10.8 Å². The standard InChI is InChI=1S/C29H33N3O4S/c1-6-31-28-11-10-24(37(34,35)30-12-14-36-15-13-30)18-25(28)26(29(31)33)17-23-16-20(3)32(22(23)5)27-9-7-8-19(2)21(27)4/h7-11,16-18H,6,12-15H2,1-5H3. The molecule has 0 bridgehead atoms. The second kappa shape index (κ2) is 9.59. The van der Waals surface area contributed by atoms with Gasteiger partial charge in [-0.15, -0.1) is 0 Å². The number of ether oxygens (including phenoxy) is 1. The molecule has 7 nitrogen and oxygen atoms in total. The second-order valence-corrected chi connectivity index (χ2v) is 11.6. The van der Waals surface area contributed by atoms with Crippen molar-refractivity contribution in [2.45, 2.75) is 39.5 Å². The van der Waals surface area contributed by atoms with Crippen molar-refractivity contribution in [3.05, 3.63) is 76.1 Å². The van der Waals surface area contributed by atoms with Crippen molar-refractivity contribution in [1.29, 1.82) is 0 Å². The molecular weight excluding hydrogens is 486 g/mol. The van der Waals surface area contributed by atoms with E-state index in [0.29, 0.717) is 44.0 Å². The van der Waals surface area contributed by atoms with Crippen LogP contribution in [0.15, 0.2) is 47.4 Å².